The molecule has 1 N–H and O–H groups in total. The zero-order valence-corrected chi connectivity index (χ0v) is 9.55. The molecule has 3 heteroatoms. The molecule has 0 aliphatic heterocycles. The summed E-state index contributed by atoms with van der Waals surface area (Å²) in [7, 11) is 0. The van der Waals surface area contributed by atoms with Crippen LogP contribution in [0.5, 0.6) is 0 Å². The van der Waals surface area contributed by atoms with Crippen LogP contribution in [0, 0.1) is 0 Å². The van der Waals surface area contributed by atoms with Crippen molar-refractivity contribution in [1.29, 1.82) is 0 Å². The van der Waals surface area contributed by atoms with Gasteiger partial charge in [0.15, 0.2) is 0 Å². The molecule has 2 rings (SSSR count). The number of hydrogen-bond donors (Lipinski definition) is 1. The third-order valence-corrected chi connectivity index (χ3v) is 2.61. The van der Waals surface area contributed by atoms with Crippen molar-refractivity contribution in [1.82, 2.24) is 4.98 Å². The summed E-state index contributed by atoms with van der Waals surface area (Å²) < 4.78 is 0.909. The summed E-state index contributed by atoms with van der Waals surface area (Å²) in [5.74, 6) is 0. The first kappa shape index (κ1) is 10.3. The Morgan fingerprint density at radius 2 is 1.80 bits per heavy atom. The van der Waals surface area contributed by atoms with Crippen LogP contribution in [0.2, 0.25) is 0 Å². The number of hydrogen-bond acceptors (Lipinski definition) is 2. The van der Waals surface area contributed by atoms with E-state index in [1.165, 1.54) is 0 Å². The molecule has 1 aromatic carbocycles. The molecular weight excluding hydrogens is 254 g/mol. The van der Waals surface area contributed by atoms with E-state index in [0.29, 0.717) is 5.69 Å². The Hall–Kier alpha value is -1.19. The van der Waals surface area contributed by atoms with Crippen molar-refractivity contribution in [3.05, 3.63) is 64.4 Å². The minimum Gasteiger partial charge on any atom is -0.382 e. The van der Waals surface area contributed by atoms with Crippen LogP contribution in [0.4, 0.5) is 0 Å². The molecule has 0 aliphatic rings. The summed E-state index contributed by atoms with van der Waals surface area (Å²) in [4.78, 5) is 4.16. The fourth-order valence-corrected chi connectivity index (χ4v) is 1.59. The smallest absolute Gasteiger partial charge is 0.121 e. The van der Waals surface area contributed by atoms with Crippen LogP contribution in [0.15, 0.2) is 53.1 Å². The first-order valence-corrected chi connectivity index (χ1v) is 5.41. The van der Waals surface area contributed by atoms with Crippen LogP contribution in [0.25, 0.3) is 0 Å². The average Bonchev–Trinajstić information content (AvgIpc) is 2.30. The Kier molecular flexibility index (Phi) is 3.14. The van der Waals surface area contributed by atoms with Crippen LogP contribution in [-0.2, 0) is 0 Å². The Balaban J connectivity index is 2.29. The fourth-order valence-electron chi connectivity index (χ4n) is 1.36. The monoisotopic (exact) mass is 263 g/mol. The summed E-state index contributed by atoms with van der Waals surface area (Å²) in [6.45, 7) is 0. The number of aliphatic hydroxyl groups excluding tert-OH is 1. The number of halogens is 1. The Morgan fingerprint density at radius 3 is 2.40 bits per heavy atom. The van der Waals surface area contributed by atoms with E-state index in [4.69, 9.17) is 0 Å². The molecule has 76 valence electrons. The zero-order valence-electron chi connectivity index (χ0n) is 7.97. The number of aromatic nitrogens is 1. The molecule has 1 aromatic heterocycles. The molecule has 0 bridgehead atoms. The molecular formula is C12H10BrNO. The van der Waals surface area contributed by atoms with Gasteiger partial charge in [-0.25, -0.2) is 0 Å². The lowest BCUT2D eigenvalue weighted by atomic mass is 10.1. The van der Waals surface area contributed by atoms with Gasteiger partial charge in [-0.2, -0.15) is 0 Å². The summed E-state index contributed by atoms with van der Waals surface area (Å²) in [5.41, 5.74) is 1.51. The van der Waals surface area contributed by atoms with E-state index >= 15 is 0 Å². The average molecular weight is 264 g/mol. The van der Waals surface area contributed by atoms with Crippen molar-refractivity contribution in [3.8, 4) is 0 Å². The topological polar surface area (TPSA) is 33.1 Å². The minimum absolute atomic E-state index is 0.653. The molecule has 15 heavy (non-hydrogen) atoms. The molecule has 0 radical (unpaired) electrons. The van der Waals surface area contributed by atoms with E-state index in [1.807, 2.05) is 42.5 Å². The van der Waals surface area contributed by atoms with Crippen LogP contribution < -0.4 is 0 Å². The van der Waals surface area contributed by atoms with E-state index in [0.717, 1.165) is 10.0 Å². The third kappa shape index (κ3) is 2.43. The van der Waals surface area contributed by atoms with Gasteiger partial charge in [-0.3, -0.25) is 4.98 Å². The first-order valence-electron chi connectivity index (χ1n) is 4.62. The van der Waals surface area contributed by atoms with Gasteiger partial charge in [0.25, 0.3) is 0 Å². The van der Waals surface area contributed by atoms with Gasteiger partial charge >= 0.3 is 0 Å². The van der Waals surface area contributed by atoms with Gasteiger partial charge in [0.2, 0.25) is 0 Å². The van der Waals surface area contributed by atoms with Gasteiger partial charge in [0.1, 0.15) is 6.10 Å². The van der Waals surface area contributed by atoms with E-state index < -0.39 is 6.10 Å². The molecule has 0 spiro atoms. The highest BCUT2D eigenvalue weighted by Gasteiger charge is 2.10. The minimum atomic E-state index is -0.653. The lowest BCUT2D eigenvalue weighted by Crippen LogP contribution is -2.01. The highest BCUT2D eigenvalue weighted by atomic mass is 79.9. The van der Waals surface area contributed by atoms with E-state index in [1.54, 1.807) is 6.20 Å². The quantitative estimate of drug-likeness (QED) is 0.904. The Bertz CT molecular complexity index is 427. The Labute approximate surface area is 96.7 Å². The molecule has 1 atom stereocenters. The molecule has 0 fully saturated rings. The second kappa shape index (κ2) is 4.55. The van der Waals surface area contributed by atoms with Crippen LogP contribution in [0.1, 0.15) is 17.4 Å². The van der Waals surface area contributed by atoms with Crippen LogP contribution >= 0.6 is 15.9 Å². The number of pyridine rings is 1. The molecule has 0 unspecified atom stereocenters. The van der Waals surface area contributed by atoms with Gasteiger partial charge in [0, 0.05) is 10.7 Å². The van der Waals surface area contributed by atoms with Gasteiger partial charge in [-0.05, 0) is 33.6 Å². The fraction of sp³-hybridized carbons (Fsp3) is 0.0833. The lowest BCUT2D eigenvalue weighted by molar-refractivity contribution is 0.215. The SMILES string of the molecule is O[C@H](c1ccccc1)c1ccc(Br)cn1. The van der Waals surface area contributed by atoms with Crippen molar-refractivity contribution < 1.29 is 5.11 Å². The molecule has 0 amide bonds. The second-order valence-corrected chi connectivity index (χ2v) is 4.13. The maximum Gasteiger partial charge on any atom is 0.121 e. The van der Waals surface area contributed by atoms with Crippen LogP contribution in [0.3, 0.4) is 0 Å². The standard InChI is InChI=1S/C12H10BrNO/c13-10-6-7-11(14-8-10)12(15)9-4-2-1-3-5-9/h1-8,12,15H/t12-/m1/s1. The maximum absolute atomic E-state index is 10.0. The van der Waals surface area contributed by atoms with Crippen molar-refractivity contribution >= 4 is 15.9 Å². The van der Waals surface area contributed by atoms with Crippen molar-refractivity contribution in [3.63, 3.8) is 0 Å². The first-order chi connectivity index (χ1) is 7.27. The van der Waals surface area contributed by atoms with E-state index in [9.17, 15) is 5.11 Å². The predicted molar refractivity (Wildman–Crippen MR) is 62.4 cm³/mol. The van der Waals surface area contributed by atoms with Crippen LogP contribution in [-0.4, -0.2) is 10.1 Å². The van der Waals surface area contributed by atoms with Gasteiger partial charge in [-0.15, -0.1) is 0 Å². The van der Waals surface area contributed by atoms with Gasteiger partial charge in [0.05, 0.1) is 5.69 Å². The molecule has 1 heterocycles. The van der Waals surface area contributed by atoms with Gasteiger partial charge < -0.3 is 5.11 Å². The number of rotatable bonds is 2. The molecule has 0 saturated carbocycles. The largest absolute Gasteiger partial charge is 0.382 e. The third-order valence-electron chi connectivity index (χ3n) is 2.15. The highest BCUT2D eigenvalue weighted by molar-refractivity contribution is 9.10. The molecule has 2 aromatic rings. The molecule has 0 aliphatic carbocycles. The molecule has 2 nitrogen and oxygen atoms in total. The number of aliphatic hydroxyl groups is 1. The molecule has 0 saturated heterocycles. The summed E-state index contributed by atoms with van der Waals surface area (Å²) in [6.07, 6.45) is 1.03. The highest BCUT2D eigenvalue weighted by Crippen LogP contribution is 2.20. The Morgan fingerprint density at radius 1 is 1.07 bits per heavy atom. The van der Waals surface area contributed by atoms with Crippen molar-refractivity contribution in [2.45, 2.75) is 6.10 Å². The van der Waals surface area contributed by atoms with E-state index in [2.05, 4.69) is 20.9 Å². The summed E-state index contributed by atoms with van der Waals surface area (Å²) >= 11 is 3.31. The van der Waals surface area contributed by atoms with E-state index in [-0.39, 0.29) is 0 Å². The number of benzene rings is 1. The van der Waals surface area contributed by atoms with Crippen molar-refractivity contribution in [2.24, 2.45) is 0 Å². The summed E-state index contributed by atoms with van der Waals surface area (Å²) in [6, 6.07) is 13.2. The van der Waals surface area contributed by atoms with Gasteiger partial charge in [-0.1, -0.05) is 30.3 Å². The second-order valence-electron chi connectivity index (χ2n) is 3.21. The lowest BCUT2D eigenvalue weighted by Gasteiger charge is -2.09. The normalized spacial score (nSPS) is 12.4. The number of nitrogens with zero attached hydrogens (tertiary/aromatic N) is 1. The predicted octanol–water partition coefficient (Wildman–Crippen LogP) is 2.93. The maximum atomic E-state index is 10.0. The van der Waals surface area contributed by atoms with Crippen molar-refractivity contribution in [2.75, 3.05) is 0 Å². The summed E-state index contributed by atoms with van der Waals surface area (Å²) in [5, 5.41) is 10.0. The zero-order chi connectivity index (χ0) is 10.7.